The molecule has 0 heterocycles. The zero-order valence-electron chi connectivity index (χ0n) is 11.9. The SMILES string of the molecule is CCOc1cc(C(N)=S)ccc1OCc1c(F)cccc1Cl. The molecule has 0 amide bonds. The zero-order valence-corrected chi connectivity index (χ0v) is 13.5. The van der Waals surface area contributed by atoms with Gasteiger partial charge in [-0.25, -0.2) is 4.39 Å². The molecule has 0 saturated carbocycles. The zero-order chi connectivity index (χ0) is 16.1. The number of hydrogen-bond acceptors (Lipinski definition) is 3. The Morgan fingerprint density at radius 3 is 2.64 bits per heavy atom. The molecule has 6 heteroatoms. The second kappa shape index (κ2) is 7.42. The van der Waals surface area contributed by atoms with Gasteiger partial charge in [0.1, 0.15) is 17.4 Å². The Bertz CT molecular complexity index is 674. The van der Waals surface area contributed by atoms with Gasteiger partial charge >= 0.3 is 0 Å². The average molecular weight is 340 g/mol. The molecule has 0 spiro atoms. The van der Waals surface area contributed by atoms with E-state index in [1.54, 1.807) is 30.3 Å². The number of benzene rings is 2. The van der Waals surface area contributed by atoms with Crippen molar-refractivity contribution < 1.29 is 13.9 Å². The van der Waals surface area contributed by atoms with Crippen molar-refractivity contribution >= 4 is 28.8 Å². The fourth-order valence-corrected chi connectivity index (χ4v) is 2.21. The van der Waals surface area contributed by atoms with Gasteiger partial charge in [0.05, 0.1) is 11.6 Å². The molecule has 0 unspecified atom stereocenters. The molecule has 2 aromatic rings. The molecule has 0 saturated heterocycles. The Balaban J connectivity index is 2.23. The first-order valence-corrected chi connectivity index (χ1v) is 7.44. The summed E-state index contributed by atoms with van der Waals surface area (Å²) in [6.07, 6.45) is 0. The Labute approximate surface area is 138 Å². The highest BCUT2D eigenvalue weighted by atomic mass is 35.5. The topological polar surface area (TPSA) is 44.5 Å². The lowest BCUT2D eigenvalue weighted by molar-refractivity contribution is 0.266. The van der Waals surface area contributed by atoms with Crippen LogP contribution in [0.5, 0.6) is 11.5 Å². The van der Waals surface area contributed by atoms with E-state index >= 15 is 0 Å². The van der Waals surface area contributed by atoms with Crippen molar-refractivity contribution in [2.75, 3.05) is 6.61 Å². The van der Waals surface area contributed by atoms with Crippen LogP contribution in [-0.2, 0) is 6.61 Å². The summed E-state index contributed by atoms with van der Waals surface area (Å²) < 4.78 is 24.9. The quantitative estimate of drug-likeness (QED) is 0.805. The van der Waals surface area contributed by atoms with E-state index in [-0.39, 0.29) is 11.6 Å². The summed E-state index contributed by atoms with van der Waals surface area (Å²) in [5, 5.41) is 0.317. The van der Waals surface area contributed by atoms with Gasteiger partial charge in [0.25, 0.3) is 0 Å². The lowest BCUT2D eigenvalue weighted by Gasteiger charge is -2.14. The lowest BCUT2D eigenvalue weighted by Crippen LogP contribution is -2.10. The number of hydrogen-bond donors (Lipinski definition) is 1. The molecule has 0 radical (unpaired) electrons. The molecule has 0 atom stereocenters. The minimum atomic E-state index is -0.412. The molecule has 0 aliphatic heterocycles. The minimum Gasteiger partial charge on any atom is -0.490 e. The van der Waals surface area contributed by atoms with Crippen LogP contribution in [0.25, 0.3) is 0 Å². The molecule has 22 heavy (non-hydrogen) atoms. The molecule has 3 nitrogen and oxygen atoms in total. The normalized spacial score (nSPS) is 10.3. The number of ether oxygens (including phenoxy) is 2. The average Bonchev–Trinajstić information content (AvgIpc) is 2.48. The first-order chi connectivity index (χ1) is 10.5. The van der Waals surface area contributed by atoms with Crippen molar-refractivity contribution in [3.8, 4) is 11.5 Å². The van der Waals surface area contributed by atoms with E-state index in [0.717, 1.165) is 0 Å². The highest BCUT2D eigenvalue weighted by molar-refractivity contribution is 7.80. The second-order valence-electron chi connectivity index (χ2n) is 4.45. The third kappa shape index (κ3) is 3.87. The molecular formula is C16H15ClFNO2S. The van der Waals surface area contributed by atoms with Crippen molar-refractivity contribution in [2.24, 2.45) is 5.73 Å². The molecule has 0 aliphatic carbocycles. The summed E-state index contributed by atoms with van der Waals surface area (Å²) in [6.45, 7) is 2.31. The van der Waals surface area contributed by atoms with Crippen LogP contribution < -0.4 is 15.2 Å². The maximum Gasteiger partial charge on any atom is 0.161 e. The van der Waals surface area contributed by atoms with E-state index < -0.39 is 5.82 Å². The van der Waals surface area contributed by atoms with E-state index in [4.69, 9.17) is 39.0 Å². The van der Waals surface area contributed by atoms with Gasteiger partial charge in [-0.1, -0.05) is 29.9 Å². The summed E-state index contributed by atoms with van der Waals surface area (Å²) in [5.74, 6) is 0.562. The predicted octanol–water partition coefficient (Wildman–Crippen LogP) is 4.09. The van der Waals surface area contributed by atoms with Crippen LogP contribution in [0.2, 0.25) is 5.02 Å². The molecule has 0 bridgehead atoms. The van der Waals surface area contributed by atoms with Crippen molar-refractivity contribution in [3.05, 3.63) is 58.4 Å². The van der Waals surface area contributed by atoms with E-state index in [9.17, 15) is 4.39 Å². The molecule has 2 N–H and O–H groups in total. The fourth-order valence-electron chi connectivity index (χ4n) is 1.87. The van der Waals surface area contributed by atoms with Crippen LogP contribution in [-0.4, -0.2) is 11.6 Å². The highest BCUT2D eigenvalue weighted by Gasteiger charge is 2.11. The second-order valence-corrected chi connectivity index (χ2v) is 5.29. The van der Waals surface area contributed by atoms with E-state index in [0.29, 0.717) is 34.3 Å². The Morgan fingerprint density at radius 1 is 1.23 bits per heavy atom. The summed E-state index contributed by atoms with van der Waals surface area (Å²) in [6, 6.07) is 9.61. The van der Waals surface area contributed by atoms with Crippen LogP contribution in [0, 0.1) is 5.82 Å². The van der Waals surface area contributed by atoms with Crippen LogP contribution in [0.15, 0.2) is 36.4 Å². The van der Waals surface area contributed by atoms with Gasteiger partial charge in [0.2, 0.25) is 0 Å². The van der Waals surface area contributed by atoms with E-state index in [1.165, 1.54) is 6.07 Å². The fraction of sp³-hybridized carbons (Fsp3) is 0.188. The van der Waals surface area contributed by atoms with Crippen LogP contribution in [0.1, 0.15) is 18.1 Å². The van der Waals surface area contributed by atoms with Gasteiger partial charge in [-0.05, 0) is 37.3 Å². The number of halogens is 2. The van der Waals surface area contributed by atoms with Crippen molar-refractivity contribution in [1.29, 1.82) is 0 Å². The Hall–Kier alpha value is -1.85. The third-order valence-corrected chi connectivity index (χ3v) is 3.55. The van der Waals surface area contributed by atoms with Crippen molar-refractivity contribution in [2.45, 2.75) is 13.5 Å². The largest absolute Gasteiger partial charge is 0.490 e. The van der Waals surface area contributed by atoms with Gasteiger partial charge in [-0.15, -0.1) is 0 Å². The Morgan fingerprint density at radius 2 is 2.00 bits per heavy atom. The summed E-state index contributed by atoms with van der Waals surface area (Å²) in [5.41, 5.74) is 6.57. The van der Waals surface area contributed by atoms with Gasteiger partial charge < -0.3 is 15.2 Å². The molecule has 2 aromatic carbocycles. The standard InChI is InChI=1S/C16H15ClFNO2S/c1-2-20-15-8-10(16(19)22)6-7-14(15)21-9-11-12(17)4-3-5-13(11)18/h3-8H,2,9H2,1H3,(H2,19,22). The molecule has 0 aromatic heterocycles. The van der Waals surface area contributed by atoms with Crippen molar-refractivity contribution in [1.82, 2.24) is 0 Å². The summed E-state index contributed by atoms with van der Waals surface area (Å²) >= 11 is 10.9. The smallest absolute Gasteiger partial charge is 0.161 e. The van der Waals surface area contributed by atoms with Gasteiger partial charge in [-0.3, -0.25) is 0 Å². The molecule has 0 fully saturated rings. The van der Waals surface area contributed by atoms with Crippen LogP contribution in [0.3, 0.4) is 0 Å². The van der Waals surface area contributed by atoms with E-state index in [2.05, 4.69) is 0 Å². The molecule has 0 aliphatic rings. The maximum atomic E-state index is 13.7. The third-order valence-electron chi connectivity index (χ3n) is 2.96. The number of thiocarbonyl (C=S) groups is 1. The minimum absolute atomic E-state index is 0.00199. The Kier molecular flexibility index (Phi) is 5.57. The summed E-state index contributed by atoms with van der Waals surface area (Å²) in [4.78, 5) is 0.268. The molecule has 2 rings (SSSR count). The first kappa shape index (κ1) is 16.5. The number of rotatable bonds is 6. The van der Waals surface area contributed by atoms with Gasteiger partial charge in [0.15, 0.2) is 11.5 Å². The highest BCUT2D eigenvalue weighted by Crippen LogP contribution is 2.30. The van der Waals surface area contributed by atoms with Crippen molar-refractivity contribution in [3.63, 3.8) is 0 Å². The lowest BCUT2D eigenvalue weighted by atomic mass is 10.2. The van der Waals surface area contributed by atoms with E-state index in [1.807, 2.05) is 6.92 Å². The predicted molar refractivity (Wildman–Crippen MR) is 89.2 cm³/mol. The molecular weight excluding hydrogens is 325 g/mol. The van der Waals surface area contributed by atoms with Gasteiger partial charge in [-0.2, -0.15) is 0 Å². The van der Waals surface area contributed by atoms with Crippen LogP contribution in [0.4, 0.5) is 4.39 Å². The molecule has 116 valence electrons. The van der Waals surface area contributed by atoms with Crippen LogP contribution >= 0.6 is 23.8 Å². The monoisotopic (exact) mass is 339 g/mol. The number of nitrogens with two attached hydrogens (primary N) is 1. The summed E-state index contributed by atoms with van der Waals surface area (Å²) in [7, 11) is 0. The maximum absolute atomic E-state index is 13.7. The van der Waals surface area contributed by atoms with Gasteiger partial charge in [0, 0.05) is 11.1 Å². The first-order valence-electron chi connectivity index (χ1n) is 6.65.